The minimum Gasteiger partial charge on any atom is -0.481 e. The number of carboxylic acids is 1. The number of aliphatic carboxylic acids is 1. The Morgan fingerprint density at radius 2 is 1.67 bits per heavy atom. The van der Waals surface area contributed by atoms with E-state index in [0.29, 0.717) is 17.4 Å². The van der Waals surface area contributed by atoms with Crippen LogP contribution in [0.4, 0.5) is 0 Å². The quantitative estimate of drug-likeness (QED) is 0.290. The van der Waals surface area contributed by atoms with Crippen LogP contribution in [0.5, 0.6) is 0 Å². The minimum absolute atomic E-state index is 0. The van der Waals surface area contributed by atoms with Gasteiger partial charge in [0.25, 0.3) is 0 Å². The molecule has 2 fully saturated rings. The van der Waals surface area contributed by atoms with E-state index in [1.807, 2.05) is 0 Å². The number of carboxylic acid groups (broad SMARTS) is 1. The predicted octanol–water partition coefficient (Wildman–Crippen LogP) is 3.59. The van der Waals surface area contributed by atoms with Crippen LogP contribution < -0.4 is 0 Å². The van der Waals surface area contributed by atoms with Gasteiger partial charge in [0.2, 0.25) is 0 Å². The number of methoxy groups -OCH3 is 2. The fraction of sp³-hybridized carbons (Fsp3) is 0.682. The van der Waals surface area contributed by atoms with Crippen molar-refractivity contribution in [2.24, 2.45) is 5.92 Å². The molecule has 0 unspecified atom stereocenters. The van der Waals surface area contributed by atoms with Gasteiger partial charge < -0.3 is 23.8 Å². The van der Waals surface area contributed by atoms with Crippen molar-refractivity contribution in [1.29, 1.82) is 1.34 Å². The second kappa shape index (κ2) is 19.7. The van der Waals surface area contributed by atoms with Crippen LogP contribution in [0.1, 0.15) is 86.4 Å². The summed E-state index contributed by atoms with van der Waals surface area (Å²) >= 11 is 0. The molecule has 1 aromatic heterocycles. The first-order valence-corrected chi connectivity index (χ1v) is 10.6. The SMILES string of the molecule is COC(=O)c1ncoc1C1CCCCC1.O=C(O)C1CCCCC1.[2H][B].[C-]#[N+]CC(=O)OC.[U]. The van der Waals surface area contributed by atoms with Crippen LogP contribution in [0.15, 0.2) is 10.8 Å². The van der Waals surface area contributed by atoms with Gasteiger partial charge in [-0.3, -0.25) is 4.79 Å². The van der Waals surface area contributed by atoms with E-state index in [-0.39, 0.29) is 43.6 Å². The summed E-state index contributed by atoms with van der Waals surface area (Å²) in [5.41, 5.74) is 0.351. The topological polar surface area (TPSA) is 120 Å². The zero-order valence-corrected chi connectivity index (χ0v) is 23.5. The average molecular weight is 687 g/mol. The number of nitrogens with zero attached hydrogens (tertiary/aromatic N) is 2. The molecule has 33 heavy (non-hydrogen) atoms. The van der Waals surface area contributed by atoms with E-state index in [4.69, 9.17) is 17.4 Å². The number of esters is 2. The summed E-state index contributed by atoms with van der Waals surface area (Å²) in [6.45, 7) is 5.99. The third-order valence-electron chi connectivity index (χ3n) is 5.34. The van der Waals surface area contributed by atoms with Gasteiger partial charge in [-0.2, -0.15) is 0 Å². The Hall–Kier alpha value is -1.77. The zero-order chi connectivity index (χ0) is 25.1. The molecule has 3 rings (SSSR count). The Morgan fingerprint density at radius 3 is 2.06 bits per heavy atom. The van der Waals surface area contributed by atoms with Crippen LogP contribution >= 0.6 is 0 Å². The number of carbonyl (C=O) groups excluding carboxylic acids is 2. The molecule has 1 aromatic rings. The van der Waals surface area contributed by atoms with Gasteiger partial charge in [0.05, 0.1) is 20.1 Å². The summed E-state index contributed by atoms with van der Waals surface area (Å²) < 4.78 is 19.4. The maximum Gasteiger partial charge on any atom is 0.386 e. The van der Waals surface area contributed by atoms with Crippen molar-refractivity contribution >= 4 is 26.3 Å². The molecule has 0 amide bonds. The van der Waals surface area contributed by atoms with Crippen molar-refractivity contribution < 1.29 is 64.5 Å². The van der Waals surface area contributed by atoms with Crippen molar-refractivity contribution in [3.8, 4) is 0 Å². The molecular formula is C22H33BN2O7U. The summed E-state index contributed by atoms with van der Waals surface area (Å²) in [6, 6.07) is 0. The Labute approximate surface area is 222 Å². The van der Waals surface area contributed by atoms with Gasteiger partial charge in [-0.05, 0) is 27.0 Å². The first kappa shape index (κ1) is 31.2. The van der Waals surface area contributed by atoms with Gasteiger partial charge in [0, 0.05) is 45.4 Å². The van der Waals surface area contributed by atoms with Crippen molar-refractivity contribution in [3.05, 3.63) is 29.3 Å². The Morgan fingerprint density at radius 1 is 1.12 bits per heavy atom. The van der Waals surface area contributed by atoms with Gasteiger partial charge >= 0.3 is 24.5 Å². The minimum atomic E-state index is -0.602. The molecule has 180 valence electrons. The first-order valence-electron chi connectivity index (χ1n) is 11.2. The second-order valence-corrected chi connectivity index (χ2v) is 7.46. The van der Waals surface area contributed by atoms with E-state index in [1.165, 1.54) is 46.3 Å². The van der Waals surface area contributed by atoms with Crippen molar-refractivity contribution in [3.63, 3.8) is 0 Å². The third kappa shape index (κ3) is 12.9. The molecule has 9 nitrogen and oxygen atoms in total. The summed E-state index contributed by atoms with van der Waals surface area (Å²) in [7, 11) is 6.37. The fourth-order valence-corrected chi connectivity index (χ4v) is 3.64. The molecule has 0 spiro atoms. The summed E-state index contributed by atoms with van der Waals surface area (Å²) in [4.78, 5) is 38.4. The molecule has 2 saturated carbocycles. The molecule has 2 aliphatic carbocycles. The van der Waals surface area contributed by atoms with E-state index in [0.717, 1.165) is 38.5 Å². The van der Waals surface area contributed by atoms with Crippen LogP contribution in [-0.4, -0.2) is 58.5 Å². The number of rotatable bonds is 4. The monoisotopic (exact) mass is 687 g/mol. The number of carbonyl (C=O) groups is 3. The fourth-order valence-electron chi connectivity index (χ4n) is 3.64. The Bertz CT molecular complexity index is 746. The molecule has 0 aliphatic heterocycles. The molecule has 0 bridgehead atoms. The van der Waals surface area contributed by atoms with Crippen LogP contribution in [0.3, 0.4) is 0 Å². The van der Waals surface area contributed by atoms with E-state index in [2.05, 4.69) is 27.7 Å². The molecule has 0 saturated heterocycles. The summed E-state index contributed by atoms with van der Waals surface area (Å²) in [6.07, 6.45) is 12.4. The maximum absolute atomic E-state index is 11.4. The van der Waals surface area contributed by atoms with Gasteiger partial charge in [0.15, 0.2) is 12.1 Å². The smallest absolute Gasteiger partial charge is 0.386 e. The number of hydrogen-bond acceptors (Lipinski definition) is 7. The maximum atomic E-state index is 11.4. The van der Waals surface area contributed by atoms with E-state index >= 15 is 0 Å². The largest absolute Gasteiger partial charge is 0.481 e. The molecule has 11 heteroatoms. The number of aromatic nitrogens is 1. The molecule has 0 aromatic carbocycles. The van der Waals surface area contributed by atoms with Gasteiger partial charge in [-0.1, -0.05) is 38.5 Å². The van der Waals surface area contributed by atoms with Crippen LogP contribution in [-0.2, 0) is 19.1 Å². The van der Waals surface area contributed by atoms with Crippen LogP contribution in [0.2, 0.25) is 0 Å². The number of hydrogen-bond donors (Lipinski definition) is 1. The van der Waals surface area contributed by atoms with E-state index < -0.39 is 17.9 Å². The summed E-state index contributed by atoms with van der Waals surface area (Å²) in [5.74, 6) is -0.454. The van der Waals surface area contributed by atoms with Crippen molar-refractivity contribution in [1.82, 2.24) is 4.98 Å². The molecule has 1 heterocycles. The molecule has 2 radical (unpaired) electrons. The Kier molecular flexibility index (Phi) is 18.6. The predicted molar refractivity (Wildman–Crippen MR) is 119 cm³/mol. The third-order valence-corrected chi connectivity index (χ3v) is 5.34. The van der Waals surface area contributed by atoms with Gasteiger partial charge in [-0.25, -0.2) is 21.1 Å². The normalized spacial score (nSPS) is 15.6. The molecule has 0 atom stereocenters. The van der Waals surface area contributed by atoms with Gasteiger partial charge in [-0.15, -0.1) is 0 Å². The van der Waals surface area contributed by atoms with Crippen molar-refractivity contribution in [2.75, 3.05) is 20.8 Å². The van der Waals surface area contributed by atoms with Crippen LogP contribution in [0, 0.1) is 43.6 Å². The van der Waals surface area contributed by atoms with Crippen molar-refractivity contribution in [2.45, 2.75) is 70.1 Å². The molecule has 1 N–H and O–H groups in total. The van der Waals surface area contributed by atoms with E-state index in [1.54, 1.807) is 0 Å². The van der Waals surface area contributed by atoms with Gasteiger partial charge in [0.1, 0.15) is 5.76 Å². The standard InChI is InChI=1S/C11H15NO3.C7H12O2.C4H5NO2.BH.U/c1-14-11(13)9-10(15-7-12-9)8-5-3-2-4-6-8;8-7(9)6-4-2-1-3-5-6;1-5-3-4(6)7-2;;/h7-8H,2-6H2,1H3;6H,1-5H2,(H,8,9);3H2,2H3;1H;/i;;;1D;. The zero-order valence-electron chi connectivity index (χ0n) is 20.4. The van der Waals surface area contributed by atoms with Crippen LogP contribution in [0.25, 0.3) is 4.85 Å². The second-order valence-electron chi connectivity index (χ2n) is 7.46. The number of ether oxygens (including phenoxy) is 2. The Balaban J connectivity index is 0. The summed E-state index contributed by atoms with van der Waals surface area (Å²) in [5, 5.41) is 8.54. The average Bonchev–Trinajstić information content (AvgIpc) is 3.37. The molecular weight excluding hydrogens is 653 g/mol. The van der Waals surface area contributed by atoms with E-state index in [9.17, 15) is 14.4 Å². The number of oxazole rings is 1. The first-order chi connectivity index (χ1) is 15.9. The molecule has 2 aliphatic rings.